The fourth-order valence-electron chi connectivity index (χ4n) is 5.92. The Labute approximate surface area is 303 Å². The zero-order valence-electron chi connectivity index (χ0n) is 32.9. The summed E-state index contributed by atoms with van der Waals surface area (Å²) in [6.07, 6.45) is 35.5. The number of quaternary nitrogens is 1. The van der Waals surface area contributed by atoms with Crippen molar-refractivity contribution in [1.82, 2.24) is 5.32 Å². The lowest BCUT2D eigenvalue weighted by Crippen LogP contribution is -2.45. The molecular formula is C40H82N2O6P+. The number of carbonyl (C=O) groups is 1. The SMILES string of the molecule is CCCCCCCCCCCCCC/C=C/[C@@H](O)[C@H](COP(=O)(O)OCC[N+](C)(C)C)NC(=O)CCCCCCCCCCCCCCC. The molecule has 0 aliphatic carbocycles. The summed E-state index contributed by atoms with van der Waals surface area (Å²) in [5, 5.41) is 13.8. The van der Waals surface area contributed by atoms with Gasteiger partial charge in [0.2, 0.25) is 5.91 Å². The molecule has 0 saturated carbocycles. The van der Waals surface area contributed by atoms with Crippen molar-refractivity contribution >= 4 is 13.7 Å². The van der Waals surface area contributed by atoms with Crippen LogP contribution in [0.3, 0.4) is 0 Å². The van der Waals surface area contributed by atoms with Gasteiger partial charge < -0.3 is 19.8 Å². The molecule has 0 spiro atoms. The fourth-order valence-corrected chi connectivity index (χ4v) is 6.66. The van der Waals surface area contributed by atoms with E-state index in [4.69, 9.17) is 9.05 Å². The standard InChI is InChI=1S/C40H81N2O6P/c1-6-8-10-12-14-16-18-20-22-23-25-27-29-31-33-39(43)38(37-48-49(45,46)47-36-35-42(3,4)5)41-40(44)34-32-30-28-26-24-21-19-17-15-13-11-9-7-2/h31,33,38-39,43H,6-30,32,34-37H2,1-5H3,(H-,41,44,45,46)/p+1/b33-31+/t38-,39+/m0/s1. The molecule has 0 aliphatic heterocycles. The van der Waals surface area contributed by atoms with Gasteiger partial charge in [-0.25, -0.2) is 4.57 Å². The summed E-state index contributed by atoms with van der Waals surface area (Å²) >= 11 is 0. The maximum absolute atomic E-state index is 12.8. The van der Waals surface area contributed by atoms with Crippen molar-refractivity contribution < 1.29 is 32.9 Å². The first-order valence-corrected chi connectivity index (χ1v) is 22.1. The lowest BCUT2D eigenvalue weighted by Gasteiger charge is -2.25. The molecule has 0 saturated heterocycles. The van der Waals surface area contributed by atoms with Crippen LogP contribution in [0.1, 0.15) is 187 Å². The third-order valence-electron chi connectivity index (χ3n) is 9.26. The number of phosphoric acid groups is 1. The van der Waals surface area contributed by atoms with E-state index in [2.05, 4.69) is 19.2 Å². The van der Waals surface area contributed by atoms with Crippen LogP contribution in [0.25, 0.3) is 0 Å². The van der Waals surface area contributed by atoms with Crippen LogP contribution in [0, 0.1) is 0 Å². The Morgan fingerprint density at radius 3 is 1.51 bits per heavy atom. The number of allylic oxidation sites excluding steroid dienone is 1. The van der Waals surface area contributed by atoms with E-state index in [-0.39, 0.29) is 19.1 Å². The Morgan fingerprint density at radius 1 is 0.673 bits per heavy atom. The van der Waals surface area contributed by atoms with Gasteiger partial charge in [0.25, 0.3) is 0 Å². The van der Waals surface area contributed by atoms with Gasteiger partial charge in [0, 0.05) is 6.42 Å². The first-order chi connectivity index (χ1) is 23.5. The van der Waals surface area contributed by atoms with Crippen molar-refractivity contribution in [3.63, 3.8) is 0 Å². The molecule has 49 heavy (non-hydrogen) atoms. The summed E-state index contributed by atoms with van der Waals surface area (Å²) in [4.78, 5) is 23.0. The second-order valence-electron chi connectivity index (χ2n) is 15.4. The van der Waals surface area contributed by atoms with Crippen LogP contribution in [0.4, 0.5) is 0 Å². The minimum absolute atomic E-state index is 0.0643. The lowest BCUT2D eigenvalue weighted by molar-refractivity contribution is -0.870. The summed E-state index contributed by atoms with van der Waals surface area (Å²) in [5.41, 5.74) is 0. The zero-order chi connectivity index (χ0) is 36.5. The maximum atomic E-state index is 12.8. The molecular weight excluding hydrogens is 635 g/mol. The second kappa shape index (κ2) is 33.1. The van der Waals surface area contributed by atoms with Crippen LogP contribution in [-0.4, -0.2) is 73.4 Å². The average Bonchev–Trinajstić information content (AvgIpc) is 3.04. The number of phosphoric ester groups is 1. The normalized spacial score (nSPS) is 14.7. The predicted octanol–water partition coefficient (Wildman–Crippen LogP) is 10.8. The van der Waals surface area contributed by atoms with E-state index in [1.807, 2.05) is 27.2 Å². The van der Waals surface area contributed by atoms with Crippen LogP contribution in [0.5, 0.6) is 0 Å². The molecule has 0 rings (SSSR count). The number of rotatable bonds is 37. The molecule has 292 valence electrons. The molecule has 0 radical (unpaired) electrons. The predicted molar refractivity (Wildman–Crippen MR) is 208 cm³/mol. The molecule has 3 atom stereocenters. The highest BCUT2D eigenvalue weighted by atomic mass is 31.2. The quantitative estimate of drug-likeness (QED) is 0.0256. The van der Waals surface area contributed by atoms with Gasteiger partial charge in [-0.3, -0.25) is 13.8 Å². The van der Waals surface area contributed by atoms with Crippen LogP contribution >= 0.6 is 7.82 Å². The highest BCUT2D eigenvalue weighted by Gasteiger charge is 2.27. The Bertz CT molecular complexity index is 819. The summed E-state index contributed by atoms with van der Waals surface area (Å²) in [6, 6.07) is -0.838. The number of nitrogens with zero attached hydrogens (tertiary/aromatic N) is 1. The van der Waals surface area contributed by atoms with Gasteiger partial charge in [-0.05, 0) is 19.3 Å². The number of likely N-dealkylation sites (N-methyl/N-ethyl adjacent to an activating group) is 1. The molecule has 1 amide bonds. The van der Waals surface area contributed by atoms with Crippen molar-refractivity contribution in [3.8, 4) is 0 Å². The Morgan fingerprint density at radius 2 is 1.08 bits per heavy atom. The van der Waals surface area contributed by atoms with Gasteiger partial charge in [0.1, 0.15) is 13.2 Å². The van der Waals surface area contributed by atoms with Gasteiger partial charge in [-0.1, -0.05) is 174 Å². The van der Waals surface area contributed by atoms with Crippen molar-refractivity contribution in [1.29, 1.82) is 0 Å². The van der Waals surface area contributed by atoms with Gasteiger partial charge in [0.05, 0.1) is 39.9 Å². The minimum Gasteiger partial charge on any atom is -0.387 e. The molecule has 8 nitrogen and oxygen atoms in total. The molecule has 0 aliphatic rings. The maximum Gasteiger partial charge on any atom is 0.472 e. The first kappa shape index (κ1) is 48.2. The van der Waals surface area contributed by atoms with Crippen molar-refractivity contribution in [2.45, 2.75) is 199 Å². The van der Waals surface area contributed by atoms with Crippen LogP contribution < -0.4 is 5.32 Å². The minimum atomic E-state index is -4.32. The van der Waals surface area contributed by atoms with Gasteiger partial charge in [-0.15, -0.1) is 0 Å². The van der Waals surface area contributed by atoms with E-state index in [9.17, 15) is 19.4 Å². The average molecular weight is 718 g/mol. The zero-order valence-corrected chi connectivity index (χ0v) is 33.8. The Balaban J connectivity index is 4.48. The van der Waals surface area contributed by atoms with E-state index >= 15 is 0 Å². The van der Waals surface area contributed by atoms with Crippen LogP contribution in [0.15, 0.2) is 12.2 Å². The van der Waals surface area contributed by atoms with Gasteiger partial charge in [0.15, 0.2) is 0 Å². The number of carbonyl (C=O) groups excluding carboxylic acids is 1. The van der Waals surface area contributed by atoms with Gasteiger partial charge in [-0.2, -0.15) is 0 Å². The van der Waals surface area contributed by atoms with Crippen LogP contribution in [0.2, 0.25) is 0 Å². The van der Waals surface area contributed by atoms with E-state index in [0.29, 0.717) is 17.4 Å². The summed E-state index contributed by atoms with van der Waals surface area (Å²) < 4.78 is 23.5. The monoisotopic (exact) mass is 718 g/mol. The third-order valence-corrected chi connectivity index (χ3v) is 10.2. The highest BCUT2D eigenvalue weighted by Crippen LogP contribution is 2.43. The number of aliphatic hydroxyl groups excluding tert-OH is 1. The number of unbranched alkanes of at least 4 members (excludes halogenated alkanes) is 24. The summed E-state index contributed by atoms with van der Waals surface area (Å²) in [7, 11) is 1.58. The molecule has 0 fully saturated rings. The molecule has 0 aromatic carbocycles. The first-order valence-electron chi connectivity index (χ1n) is 20.6. The Hall–Kier alpha value is -0.760. The van der Waals surface area contributed by atoms with E-state index < -0.39 is 20.0 Å². The largest absolute Gasteiger partial charge is 0.472 e. The van der Waals surface area contributed by atoms with E-state index in [1.165, 1.54) is 128 Å². The molecule has 3 N–H and O–H groups in total. The second-order valence-corrected chi connectivity index (χ2v) is 16.8. The molecule has 0 bridgehead atoms. The van der Waals surface area contributed by atoms with Gasteiger partial charge >= 0.3 is 7.82 Å². The summed E-state index contributed by atoms with van der Waals surface area (Å²) in [6.45, 7) is 4.81. The van der Waals surface area contributed by atoms with Crippen molar-refractivity contribution in [3.05, 3.63) is 12.2 Å². The molecule has 0 aromatic rings. The lowest BCUT2D eigenvalue weighted by atomic mass is 10.0. The molecule has 9 heteroatoms. The number of amides is 1. The topological polar surface area (TPSA) is 105 Å². The summed E-state index contributed by atoms with van der Waals surface area (Å²) in [5.74, 6) is -0.177. The fraction of sp³-hybridized carbons (Fsp3) is 0.925. The van der Waals surface area contributed by atoms with Crippen molar-refractivity contribution in [2.75, 3.05) is 40.9 Å². The molecule has 0 aromatic heterocycles. The van der Waals surface area contributed by atoms with E-state index in [0.717, 1.165) is 38.5 Å². The number of aliphatic hydroxyl groups is 1. The van der Waals surface area contributed by atoms with Crippen molar-refractivity contribution in [2.24, 2.45) is 0 Å². The third kappa shape index (κ3) is 35.4. The van der Waals surface area contributed by atoms with E-state index in [1.54, 1.807) is 6.08 Å². The smallest absolute Gasteiger partial charge is 0.387 e. The molecule has 0 heterocycles. The molecule has 1 unspecified atom stereocenters. The number of hydrogen-bond acceptors (Lipinski definition) is 5. The number of hydrogen-bond donors (Lipinski definition) is 3. The number of nitrogens with one attached hydrogen (secondary N) is 1. The van der Waals surface area contributed by atoms with Crippen LogP contribution in [-0.2, 0) is 18.4 Å². The Kier molecular flexibility index (Phi) is 32.6. The highest BCUT2D eigenvalue weighted by molar-refractivity contribution is 7.47.